The topological polar surface area (TPSA) is 165 Å². The fourth-order valence-corrected chi connectivity index (χ4v) is 23.3. The van der Waals surface area contributed by atoms with E-state index in [2.05, 4.69) is 50.7 Å². The quantitative estimate of drug-likeness (QED) is 0.0158. The van der Waals surface area contributed by atoms with Crippen molar-refractivity contribution in [2.75, 3.05) is 0 Å². The molecule has 0 saturated heterocycles. The summed E-state index contributed by atoms with van der Waals surface area (Å²) in [6, 6.07) is 11.7. The maximum atomic E-state index is 15.4. The highest BCUT2D eigenvalue weighted by atomic mass is 32.1. The minimum atomic E-state index is -1.18. The second-order valence-electron chi connectivity index (χ2n) is 29.7. The largest absolute Gasteiger partial charge is 0.334 e. The number of rotatable bonds is 40. The monoisotopic (exact) mass is 1530 g/mol. The first-order chi connectivity index (χ1) is 52.3. The van der Waals surface area contributed by atoms with Crippen molar-refractivity contribution < 1.29 is 27.2 Å². The number of hydrogen-bond donors (Lipinski definition) is 0. The van der Waals surface area contributed by atoms with E-state index in [1.807, 2.05) is 36.4 Å². The Kier molecular flexibility index (Phi) is 27.1. The molecule has 10 nitrogen and oxygen atoms in total. The fraction of sp³-hybridized carbons (Fsp3) is 0.500. The second-order valence-corrected chi connectivity index (χ2v) is 34.4. The summed E-state index contributed by atoms with van der Waals surface area (Å²) in [5.41, 5.74) is 7.66. The van der Waals surface area contributed by atoms with Gasteiger partial charge in [0.05, 0.1) is 62.0 Å². The average Bonchev–Trinajstić information content (AvgIpc) is 1.50. The fourth-order valence-electron chi connectivity index (χ4n) is 16.8. The Morgan fingerprint density at radius 1 is 0.393 bits per heavy atom. The van der Waals surface area contributed by atoms with Crippen LogP contribution in [0.5, 0.6) is 0 Å². The van der Waals surface area contributed by atoms with Gasteiger partial charge in [-0.25, -0.2) is 17.6 Å². The molecule has 3 aromatic carbocycles. The van der Waals surface area contributed by atoms with E-state index >= 15 is 17.6 Å². The molecule has 10 aromatic rings. The Morgan fingerprint density at radius 3 is 1.04 bits per heavy atom. The number of hydrogen-bond acceptors (Lipinski definition) is 13. The van der Waals surface area contributed by atoms with Gasteiger partial charge in [-0.15, -0.1) is 45.3 Å². The Balaban J connectivity index is 1.18. The molecular weight excluding hydrogens is 1440 g/mol. The molecule has 7 heterocycles. The lowest BCUT2D eigenvalue weighted by atomic mass is 9.98. The molecule has 7 aromatic heterocycles. The Labute approximate surface area is 647 Å². The zero-order chi connectivity index (χ0) is 75.4. The van der Waals surface area contributed by atoms with Gasteiger partial charge in [-0.2, -0.15) is 29.8 Å². The summed E-state index contributed by atoms with van der Waals surface area (Å²) in [5.74, 6) is -5.85. The van der Waals surface area contributed by atoms with Crippen LogP contribution in [0.4, 0.5) is 17.6 Å². The summed E-state index contributed by atoms with van der Waals surface area (Å²) < 4.78 is 84.1. The third kappa shape index (κ3) is 15.8. The first-order valence-electron chi connectivity index (χ1n) is 40.0. The maximum absolute atomic E-state index is 15.4. The number of aryl methyl sites for hydroxylation is 2. The molecule has 0 bridgehead atoms. The number of carbonyl (C=O) groups excluding carboxylic acids is 2. The number of aromatic nitrogens is 4. The molecule has 107 heavy (non-hydrogen) atoms. The smallest absolute Gasteiger partial charge is 0.194 e. The van der Waals surface area contributed by atoms with Gasteiger partial charge in [-0.05, 0) is 110 Å². The predicted octanol–water partition coefficient (Wildman–Crippen LogP) is 28.7. The number of unbranched alkanes of at least 4 members (excludes halogenated alkanes) is 24. The molecule has 560 valence electrons. The molecular formula is C88H98F4N8O2S5. The highest BCUT2D eigenvalue weighted by Gasteiger charge is 2.39. The SMILES string of the molecule is CCCCCCCCCCCc1c(/C=C2\C(=O)c3cc(F)c(F)cc3C2=C(C#N)C#N)sc2c1sc1c3c4nsnc4c4c5sc6c(CCCCCCCCCCC)c(/C=C7\C(=O)c8cc(F)c(F)cc8C7=C(C#N)C#N)sc6c5n(C(CCCC)CCCCCC)c4c3n(C(CCCC)CCCCCC)c21. The number of carbonyl (C=O) groups is 2. The zero-order valence-corrected chi connectivity index (χ0v) is 67.1. The minimum absolute atomic E-state index is 0.0124. The first kappa shape index (κ1) is 78.9. The van der Waals surface area contributed by atoms with Gasteiger partial charge < -0.3 is 9.13 Å². The number of ketones is 2. The van der Waals surface area contributed by atoms with E-state index in [1.54, 1.807) is 45.3 Å². The Morgan fingerprint density at radius 2 is 0.701 bits per heavy atom. The molecule has 19 heteroatoms. The van der Waals surface area contributed by atoms with Gasteiger partial charge >= 0.3 is 0 Å². The van der Waals surface area contributed by atoms with Gasteiger partial charge in [-0.1, -0.05) is 221 Å². The number of allylic oxidation sites excluding steroid dienone is 6. The molecule has 0 radical (unpaired) electrons. The van der Waals surface area contributed by atoms with Crippen molar-refractivity contribution in [2.45, 2.75) is 285 Å². The molecule has 0 fully saturated rings. The summed E-state index contributed by atoms with van der Waals surface area (Å²) in [6.07, 6.45) is 41.6. The molecule has 0 aliphatic heterocycles. The third-order valence-corrected chi connectivity index (χ3v) is 28.0. The van der Waals surface area contributed by atoms with Crippen molar-refractivity contribution in [3.05, 3.63) is 113 Å². The minimum Gasteiger partial charge on any atom is -0.334 e. The molecule has 2 aliphatic carbocycles. The van der Waals surface area contributed by atoms with Crippen LogP contribution in [0.25, 0.3) is 95.4 Å². The molecule has 2 aliphatic rings. The van der Waals surface area contributed by atoms with E-state index in [9.17, 15) is 30.6 Å². The number of fused-ring (bicyclic) bond motifs is 16. The highest BCUT2D eigenvalue weighted by molar-refractivity contribution is 7.34. The van der Waals surface area contributed by atoms with Gasteiger partial charge in [0.25, 0.3) is 0 Å². The van der Waals surface area contributed by atoms with Crippen LogP contribution in [0.3, 0.4) is 0 Å². The maximum Gasteiger partial charge on any atom is 0.194 e. The zero-order valence-electron chi connectivity index (χ0n) is 63.0. The van der Waals surface area contributed by atoms with E-state index in [4.69, 9.17) is 8.75 Å². The van der Waals surface area contributed by atoms with Crippen LogP contribution in [0.15, 0.2) is 46.6 Å². The summed E-state index contributed by atoms with van der Waals surface area (Å²) in [4.78, 5) is 31.4. The summed E-state index contributed by atoms with van der Waals surface area (Å²) in [5, 5.41) is 44.3. The van der Waals surface area contributed by atoms with Gasteiger partial charge in [0.1, 0.15) is 46.5 Å². The second kappa shape index (κ2) is 36.7. The Bertz CT molecular complexity index is 4950. The molecule has 0 N–H and O–H groups in total. The van der Waals surface area contributed by atoms with Gasteiger partial charge in [-0.3, -0.25) is 9.59 Å². The van der Waals surface area contributed by atoms with Crippen molar-refractivity contribution in [3.63, 3.8) is 0 Å². The van der Waals surface area contributed by atoms with Crippen molar-refractivity contribution in [3.8, 4) is 24.3 Å². The first-order valence-corrected chi connectivity index (χ1v) is 44.0. The standard InChI is InChI=1S/C88H98F4N8O2S5/c1-7-13-19-23-25-27-29-31-35-41-57-69(47-63-71(53(49-93)50-94)59-43-65(89)67(91)45-61(59)81(63)101)103-87-79-85(105-83(57)87)73-75-76(98-107-97-75)74-78(77(73)99(79)55(37-17-11-5)39-33-21-15-9-3)100(56(38-18-12-6)40-34-22-16-10-4)80-86(74)106-84-58(42-36-32-30-28-26-24-20-14-8-2)70(104-88(80)84)48-64-72(54(51-95)52-96)60-44-66(90)68(92)46-62(60)82(64)102/h43-48,55-56H,7-42H2,1-6H3/b63-47-,64-48-. The summed E-state index contributed by atoms with van der Waals surface area (Å²) >= 11 is 8.03. The van der Waals surface area contributed by atoms with E-state index in [-0.39, 0.29) is 67.8 Å². The molecule has 0 spiro atoms. The van der Waals surface area contributed by atoms with Crippen molar-refractivity contribution >= 4 is 164 Å². The highest BCUT2D eigenvalue weighted by Crippen LogP contribution is 2.58. The van der Waals surface area contributed by atoms with Gasteiger partial charge in [0, 0.05) is 66.0 Å². The summed E-state index contributed by atoms with van der Waals surface area (Å²) in [6.45, 7) is 13.5. The van der Waals surface area contributed by atoms with E-state index in [1.165, 1.54) is 75.9 Å². The average molecular weight is 1540 g/mol. The lowest BCUT2D eigenvalue weighted by Gasteiger charge is -2.25. The lowest BCUT2D eigenvalue weighted by molar-refractivity contribution is 0.103. The van der Waals surface area contributed by atoms with E-state index in [0.717, 1.165) is 271 Å². The van der Waals surface area contributed by atoms with E-state index in [0.29, 0.717) is 12.8 Å². The van der Waals surface area contributed by atoms with Crippen LogP contribution < -0.4 is 0 Å². The molecule has 2 unspecified atom stereocenters. The third-order valence-electron chi connectivity index (χ3n) is 22.4. The van der Waals surface area contributed by atoms with Crippen molar-refractivity contribution in [2.24, 2.45) is 0 Å². The number of nitrogens with zero attached hydrogens (tertiary/aromatic N) is 8. The Hall–Kier alpha value is -7.62. The number of benzene rings is 3. The number of Topliss-reactive ketones (excluding diaryl/α,β-unsaturated/α-hetero) is 2. The van der Waals surface area contributed by atoms with Crippen LogP contribution in [0, 0.1) is 68.6 Å². The number of halogens is 4. The van der Waals surface area contributed by atoms with Crippen LogP contribution in [0.2, 0.25) is 0 Å². The van der Waals surface area contributed by atoms with Gasteiger partial charge in [0.15, 0.2) is 34.8 Å². The molecule has 12 rings (SSSR count). The molecule has 2 atom stereocenters. The number of thiophene rings is 4. The normalized spacial score (nSPS) is 14.4. The molecule has 0 amide bonds. The number of nitriles is 4. The lowest BCUT2D eigenvalue weighted by Crippen LogP contribution is -2.13. The molecule has 0 saturated carbocycles. The summed E-state index contributed by atoms with van der Waals surface area (Å²) in [7, 11) is 0. The van der Waals surface area contributed by atoms with Crippen LogP contribution in [-0.4, -0.2) is 29.4 Å². The van der Waals surface area contributed by atoms with Crippen LogP contribution in [-0.2, 0) is 12.8 Å². The van der Waals surface area contributed by atoms with Crippen LogP contribution in [0.1, 0.15) is 325 Å². The van der Waals surface area contributed by atoms with Crippen LogP contribution >= 0.6 is 57.1 Å². The van der Waals surface area contributed by atoms with E-state index < -0.39 is 34.8 Å². The van der Waals surface area contributed by atoms with Crippen molar-refractivity contribution in [1.82, 2.24) is 17.9 Å². The van der Waals surface area contributed by atoms with Crippen molar-refractivity contribution in [1.29, 1.82) is 21.0 Å². The van der Waals surface area contributed by atoms with Gasteiger partial charge in [0.2, 0.25) is 0 Å². The predicted molar refractivity (Wildman–Crippen MR) is 440 cm³/mol.